The van der Waals surface area contributed by atoms with Crippen molar-refractivity contribution in [1.82, 2.24) is 0 Å². The number of rotatable bonds is 9. The van der Waals surface area contributed by atoms with E-state index in [4.69, 9.17) is 32.7 Å². The van der Waals surface area contributed by atoms with E-state index in [1.807, 2.05) is 0 Å². The lowest BCUT2D eigenvalue weighted by molar-refractivity contribution is -0.152. The molecule has 4 nitrogen and oxygen atoms in total. The molecule has 0 aromatic rings. The summed E-state index contributed by atoms with van der Waals surface area (Å²) in [4.78, 5) is 22.2. The zero-order chi connectivity index (χ0) is 13.1. The lowest BCUT2D eigenvalue weighted by Crippen LogP contribution is -2.25. The second kappa shape index (κ2) is 10.7. The van der Waals surface area contributed by atoms with Gasteiger partial charge in [-0.2, -0.15) is 0 Å². The average molecular weight is 285 g/mol. The Hall–Kier alpha value is -0.480. The fourth-order valence-corrected chi connectivity index (χ4v) is 1.36. The van der Waals surface area contributed by atoms with E-state index in [-0.39, 0.29) is 18.2 Å². The first-order valence-corrected chi connectivity index (χ1v) is 6.68. The Balaban J connectivity index is 3.78. The number of unbranched alkanes of at least 4 members (excludes halogenated alkanes) is 2. The number of hydrogen-bond donors (Lipinski definition) is 0. The summed E-state index contributed by atoms with van der Waals surface area (Å²) in [6, 6.07) is 0. The van der Waals surface area contributed by atoms with Crippen LogP contribution in [0.1, 0.15) is 32.6 Å². The summed E-state index contributed by atoms with van der Waals surface area (Å²) in [6.45, 7) is 2.46. The summed E-state index contributed by atoms with van der Waals surface area (Å²) in [5.41, 5.74) is 0. The standard InChI is InChI=1S/C11H18Cl2O4/c1-2-3-4-5-16-10(14)6-9(7-12)17-11(15)8-13/h9H,2-8H2,1H3. The summed E-state index contributed by atoms with van der Waals surface area (Å²) in [7, 11) is 0. The Labute approximate surface area is 112 Å². The minimum atomic E-state index is -0.665. The van der Waals surface area contributed by atoms with Gasteiger partial charge >= 0.3 is 11.9 Å². The quantitative estimate of drug-likeness (QED) is 0.371. The van der Waals surface area contributed by atoms with Crippen LogP contribution in [-0.4, -0.2) is 36.4 Å². The van der Waals surface area contributed by atoms with E-state index in [1.165, 1.54) is 0 Å². The van der Waals surface area contributed by atoms with E-state index in [0.717, 1.165) is 19.3 Å². The van der Waals surface area contributed by atoms with E-state index in [9.17, 15) is 9.59 Å². The summed E-state index contributed by atoms with van der Waals surface area (Å²) in [5, 5.41) is 0. The highest BCUT2D eigenvalue weighted by molar-refractivity contribution is 6.26. The van der Waals surface area contributed by atoms with Crippen molar-refractivity contribution in [1.29, 1.82) is 0 Å². The topological polar surface area (TPSA) is 52.6 Å². The molecule has 0 spiro atoms. The minimum Gasteiger partial charge on any atom is -0.466 e. The van der Waals surface area contributed by atoms with Gasteiger partial charge in [0.25, 0.3) is 0 Å². The maximum Gasteiger partial charge on any atom is 0.321 e. The Morgan fingerprint density at radius 3 is 2.41 bits per heavy atom. The largest absolute Gasteiger partial charge is 0.466 e. The van der Waals surface area contributed by atoms with Crippen molar-refractivity contribution in [2.24, 2.45) is 0 Å². The van der Waals surface area contributed by atoms with E-state index in [1.54, 1.807) is 0 Å². The fourth-order valence-electron chi connectivity index (χ4n) is 1.13. The molecule has 0 heterocycles. The molecule has 0 aliphatic heterocycles. The lowest BCUT2D eigenvalue weighted by Gasteiger charge is -2.13. The number of alkyl halides is 2. The second-order valence-electron chi connectivity index (χ2n) is 3.53. The van der Waals surface area contributed by atoms with Crippen molar-refractivity contribution in [3.05, 3.63) is 0 Å². The first-order chi connectivity index (χ1) is 8.13. The van der Waals surface area contributed by atoms with Crippen molar-refractivity contribution in [3.63, 3.8) is 0 Å². The van der Waals surface area contributed by atoms with Gasteiger partial charge in [-0.1, -0.05) is 19.8 Å². The third kappa shape index (κ3) is 9.24. The fraction of sp³-hybridized carbons (Fsp3) is 0.818. The summed E-state index contributed by atoms with van der Waals surface area (Å²) in [6.07, 6.45) is 2.23. The second-order valence-corrected chi connectivity index (χ2v) is 4.11. The Morgan fingerprint density at radius 2 is 1.88 bits per heavy atom. The molecule has 100 valence electrons. The van der Waals surface area contributed by atoms with Crippen LogP contribution in [0, 0.1) is 0 Å². The van der Waals surface area contributed by atoms with E-state index >= 15 is 0 Å². The van der Waals surface area contributed by atoms with Crippen molar-refractivity contribution in [2.75, 3.05) is 18.4 Å². The molecule has 0 N–H and O–H groups in total. The van der Waals surface area contributed by atoms with Crippen LogP contribution < -0.4 is 0 Å². The number of carbonyl (C=O) groups is 2. The van der Waals surface area contributed by atoms with Crippen LogP contribution in [0.3, 0.4) is 0 Å². The normalized spacial score (nSPS) is 11.9. The van der Waals surface area contributed by atoms with Gasteiger partial charge in [-0.15, -0.1) is 23.2 Å². The predicted octanol–water partition coefficient (Wildman–Crippen LogP) is 2.50. The van der Waals surface area contributed by atoms with Crippen LogP contribution in [0.25, 0.3) is 0 Å². The van der Waals surface area contributed by atoms with Crippen molar-refractivity contribution in [3.8, 4) is 0 Å². The van der Waals surface area contributed by atoms with Gasteiger partial charge in [0.15, 0.2) is 0 Å². The molecule has 0 aliphatic carbocycles. The van der Waals surface area contributed by atoms with Crippen LogP contribution in [0.5, 0.6) is 0 Å². The summed E-state index contributed by atoms with van der Waals surface area (Å²) < 4.78 is 9.81. The summed E-state index contributed by atoms with van der Waals surface area (Å²) in [5.74, 6) is -1.20. The summed E-state index contributed by atoms with van der Waals surface area (Å²) >= 11 is 10.8. The Bertz CT molecular complexity index is 234. The van der Waals surface area contributed by atoms with Gasteiger partial charge in [0.2, 0.25) is 0 Å². The van der Waals surface area contributed by atoms with Crippen molar-refractivity contribution in [2.45, 2.75) is 38.7 Å². The van der Waals surface area contributed by atoms with Gasteiger partial charge in [-0.05, 0) is 6.42 Å². The van der Waals surface area contributed by atoms with Gasteiger partial charge in [-0.3, -0.25) is 9.59 Å². The SMILES string of the molecule is CCCCCOC(=O)CC(CCl)OC(=O)CCl. The van der Waals surface area contributed by atoms with Gasteiger partial charge in [0, 0.05) is 0 Å². The number of carbonyl (C=O) groups excluding carboxylic acids is 2. The Morgan fingerprint density at radius 1 is 1.18 bits per heavy atom. The zero-order valence-electron chi connectivity index (χ0n) is 9.92. The van der Waals surface area contributed by atoms with Gasteiger partial charge in [0.1, 0.15) is 12.0 Å². The minimum absolute atomic E-state index is 0.0295. The first kappa shape index (κ1) is 16.5. The van der Waals surface area contributed by atoms with E-state index < -0.39 is 18.0 Å². The number of halogens is 2. The highest BCUT2D eigenvalue weighted by Crippen LogP contribution is 2.05. The zero-order valence-corrected chi connectivity index (χ0v) is 11.4. The molecular weight excluding hydrogens is 267 g/mol. The maximum absolute atomic E-state index is 11.3. The maximum atomic E-state index is 11.3. The molecule has 0 saturated carbocycles. The molecule has 6 heteroatoms. The number of esters is 2. The van der Waals surface area contributed by atoms with Crippen LogP contribution in [0.4, 0.5) is 0 Å². The molecule has 0 radical (unpaired) electrons. The van der Waals surface area contributed by atoms with Crippen LogP contribution >= 0.6 is 23.2 Å². The smallest absolute Gasteiger partial charge is 0.321 e. The highest BCUT2D eigenvalue weighted by Gasteiger charge is 2.17. The molecular formula is C11H18Cl2O4. The molecule has 0 aromatic heterocycles. The average Bonchev–Trinajstić information content (AvgIpc) is 2.33. The number of hydrogen-bond acceptors (Lipinski definition) is 4. The van der Waals surface area contributed by atoms with Gasteiger partial charge < -0.3 is 9.47 Å². The molecule has 0 amide bonds. The predicted molar refractivity (Wildman–Crippen MR) is 66.4 cm³/mol. The van der Waals surface area contributed by atoms with Crippen LogP contribution in [0.15, 0.2) is 0 Å². The molecule has 17 heavy (non-hydrogen) atoms. The molecule has 0 fully saturated rings. The molecule has 1 unspecified atom stereocenters. The number of ether oxygens (including phenoxy) is 2. The van der Waals surface area contributed by atoms with Crippen LogP contribution in [0.2, 0.25) is 0 Å². The third-order valence-electron chi connectivity index (χ3n) is 1.98. The van der Waals surface area contributed by atoms with Gasteiger partial charge in [-0.25, -0.2) is 0 Å². The molecule has 0 aromatic carbocycles. The van der Waals surface area contributed by atoms with E-state index in [0.29, 0.717) is 6.61 Å². The Kier molecular flexibility index (Phi) is 10.4. The van der Waals surface area contributed by atoms with Crippen molar-refractivity contribution < 1.29 is 19.1 Å². The van der Waals surface area contributed by atoms with Crippen LogP contribution in [-0.2, 0) is 19.1 Å². The highest BCUT2D eigenvalue weighted by atomic mass is 35.5. The third-order valence-corrected chi connectivity index (χ3v) is 2.55. The molecule has 0 rings (SSSR count). The lowest BCUT2D eigenvalue weighted by atomic mass is 10.2. The molecule has 0 aliphatic rings. The monoisotopic (exact) mass is 284 g/mol. The van der Waals surface area contributed by atoms with E-state index in [2.05, 4.69) is 6.92 Å². The van der Waals surface area contributed by atoms with Gasteiger partial charge in [0.05, 0.1) is 18.9 Å². The molecule has 0 bridgehead atoms. The first-order valence-electron chi connectivity index (χ1n) is 5.61. The van der Waals surface area contributed by atoms with Crippen molar-refractivity contribution >= 4 is 35.1 Å². The molecule has 0 saturated heterocycles. The molecule has 1 atom stereocenters.